The van der Waals surface area contributed by atoms with E-state index in [2.05, 4.69) is 15.4 Å². The van der Waals surface area contributed by atoms with Crippen LogP contribution in [0.4, 0.5) is 0 Å². The number of sulfonamides is 1. The summed E-state index contributed by atoms with van der Waals surface area (Å²) in [7, 11) is -3.91. The van der Waals surface area contributed by atoms with Gasteiger partial charge in [0, 0.05) is 12.1 Å². The van der Waals surface area contributed by atoms with Crippen LogP contribution in [-0.2, 0) is 38.3 Å². The van der Waals surface area contributed by atoms with Gasteiger partial charge in [0.15, 0.2) is 0 Å². The number of carbonyl (C=O) groups excluding carboxylic acids is 2. The van der Waals surface area contributed by atoms with E-state index in [1.54, 1.807) is 48.5 Å². The molecule has 0 saturated carbocycles. The average Bonchev–Trinajstić information content (AvgIpc) is 3.01. The fraction of sp³-hybridized carbons (Fsp3) is 0.265. The Bertz CT molecular complexity index is 1690. The third-order valence-corrected chi connectivity index (χ3v) is 8.66. The number of nitrogens with one attached hydrogen (secondary N) is 4. The smallest absolute Gasteiger partial charge is 0.242 e. The molecular weight excluding hydrogens is 574 g/mol. The maximum Gasteiger partial charge on any atom is 0.242 e. The molecule has 0 aliphatic rings. The molecule has 4 aromatic rings. The highest BCUT2D eigenvalue weighted by molar-refractivity contribution is 7.88. The first-order chi connectivity index (χ1) is 21.1. The summed E-state index contributed by atoms with van der Waals surface area (Å²) < 4.78 is 29.1. The van der Waals surface area contributed by atoms with Gasteiger partial charge in [-0.15, -0.1) is 0 Å². The second-order valence-electron chi connectivity index (χ2n) is 10.8. The number of nitrogen functional groups attached to an aromatic ring is 1. The Balaban J connectivity index is 1.52. The number of nitrogens with two attached hydrogens (primary N) is 1. The lowest BCUT2D eigenvalue weighted by atomic mass is 10.0. The Kier molecular flexibility index (Phi) is 11.2. The van der Waals surface area contributed by atoms with Crippen LogP contribution < -0.4 is 21.1 Å². The van der Waals surface area contributed by atoms with Gasteiger partial charge in [0.25, 0.3) is 0 Å². The minimum Gasteiger partial charge on any atom is -0.384 e. The van der Waals surface area contributed by atoms with Gasteiger partial charge in [0.1, 0.15) is 17.9 Å². The molecule has 4 rings (SSSR count). The highest BCUT2D eigenvalue weighted by Gasteiger charge is 2.29. The van der Waals surface area contributed by atoms with Crippen molar-refractivity contribution in [3.05, 3.63) is 119 Å². The van der Waals surface area contributed by atoms with Gasteiger partial charge in [-0.25, -0.2) is 13.1 Å². The first-order valence-corrected chi connectivity index (χ1v) is 16.3. The maximum atomic E-state index is 13.7. The van der Waals surface area contributed by atoms with E-state index in [-0.39, 0.29) is 30.5 Å². The molecule has 0 spiro atoms. The molecule has 4 aromatic carbocycles. The van der Waals surface area contributed by atoms with Crippen molar-refractivity contribution in [2.24, 2.45) is 5.73 Å². The summed E-state index contributed by atoms with van der Waals surface area (Å²) in [6, 6.07) is 27.3. The Morgan fingerprint density at radius 3 is 2.14 bits per heavy atom. The van der Waals surface area contributed by atoms with Gasteiger partial charge in [-0.05, 0) is 40.3 Å². The van der Waals surface area contributed by atoms with Gasteiger partial charge >= 0.3 is 0 Å². The van der Waals surface area contributed by atoms with Crippen LogP contribution in [0.15, 0.2) is 97.1 Å². The SMILES string of the molecule is CCCCC(NC(=O)C(Cc1ccc2ccccc2c1)NS(=O)(=O)Cc1ccccc1)C(=O)NCc1ccc(C(=N)N)cc1. The number of fused-ring (bicyclic) bond motifs is 1. The van der Waals surface area contributed by atoms with Crippen LogP contribution in [0.3, 0.4) is 0 Å². The fourth-order valence-corrected chi connectivity index (χ4v) is 6.24. The van der Waals surface area contributed by atoms with Gasteiger partial charge in [-0.2, -0.15) is 0 Å². The van der Waals surface area contributed by atoms with Crippen molar-refractivity contribution >= 4 is 38.4 Å². The minimum atomic E-state index is -3.91. The average molecular weight is 614 g/mol. The van der Waals surface area contributed by atoms with E-state index in [1.807, 2.05) is 55.5 Å². The first kappa shape index (κ1) is 32.4. The standard InChI is InChI=1S/C34H39N5O4S/c1-2-3-13-30(33(40)37-22-24-14-18-28(19-15-24)32(35)36)38-34(41)31(39-44(42,43)23-25-9-5-4-6-10-25)21-26-16-17-27-11-7-8-12-29(27)20-26/h4-12,14-20,30-31,39H,2-3,13,21-23H2,1H3,(H3,35,36)(H,37,40)(H,38,41). The van der Waals surface area contributed by atoms with Crippen LogP contribution in [-0.4, -0.2) is 38.2 Å². The highest BCUT2D eigenvalue weighted by atomic mass is 32.2. The summed E-state index contributed by atoms with van der Waals surface area (Å²) in [5, 5.41) is 15.3. The molecule has 0 aromatic heterocycles. The van der Waals surface area contributed by atoms with Crippen LogP contribution in [0.25, 0.3) is 10.8 Å². The zero-order chi connectivity index (χ0) is 31.5. The number of amides is 2. The summed E-state index contributed by atoms with van der Waals surface area (Å²) in [4.78, 5) is 27.0. The summed E-state index contributed by atoms with van der Waals surface area (Å²) in [5.74, 6) is -1.26. The summed E-state index contributed by atoms with van der Waals surface area (Å²) in [5.41, 5.74) is 8.30. The Labute approximate surface area is 258 Å². The number of amidine groups is 1. The molecule has 0 fully saturated rings. The van der Waals surface area contributed by atoms with Crippen molar-refractivity contribution < 1.29 is 18.0 Å². The van der Waals surface area contributed by atoms with Gasteiger partial charge in [0.05, 0.1) is 5.75 Å². The Hall–Kier alpha value is -4.54. The van der Waals surface area contributed by atoms with Crippen molar-refractivity contribution in [1.29, 1.82) is 5.41 Å². The molecule has 9 nitrogen and oxygen atoms in total. The lowest BCUT2D eigenvalue weighted by Crippen LogP contribution is -2.54. The molecule has 0 heterocycles. The molecule has 44 heavy (non-hydrogen) atoms. The van der Waals surface area contributed by atoms with Crippen molar-refractivity contribution in [2.45, 2.75) is 57.0 Å². The molecule has 2 atom stereocenters. The van der Waals surface area contributed by atoms with E-state index in [9.17, 15) is 18.0 Å². The zero-order valence-corrected chi connectivity index (χ0v) is 25.6. The molecule has 2 amide bonds. The fourth-order valence-electron chi connectivity index (χ4n) is 4.91. The van der Waals surface area contributed by atoms with Gasteiger partial charge in [-0.1, -0.05) is 117 Å². The van der Waals surface area contributed by atoms with Crippen molar-refractivity contribution in [2.75, 3.05) is 0 Å². The topological polar surface area (TPSA) is 154 Å². The molecule has 0 bridgehead atoms. The zero-order valence-electron chi connectivity index (χ0n) is 24.8. The maximum absolute atomic E-state index is 13.7. The largest absolute Gasteiger partial charge is 0.384 e. The third kappa shape index (κ3) is 9.48. The lowest BCUT2D eigenvalue weighted by Gasteiger charge is -2.23. The predicted octanol–water partition coefficient (Wildman–Crippen LogP) is 4.15. The Morgan fingerprint density at radius 2 is 1.45 bits per heavy atom. The molecular formula is C34H39N5O4S. The summed E-state index contributed by atoms with van der Waals surface area (Å²) >= 11 is 0. The number of hydrogen-bond acceptors (Lipinski definition) is 5. The van der Waals surface area contributed by atoms with Crippen molar-refractivity contribution in [1.82, 2.24) is 15.4 Å². The molecule has 0 saturated heterocycles. The van der Waals surface area contributed by atoms with Crippen LogP contribution in [0.5, 0.6) is 0 Å². The first-order valence-electron chi connectivity index (χ1n) is 14.7. The molecule has 6 N–H and O–H groups in total. The highest BCUT2D eigenvalue weighted by Crippen LogP contribution is 2.18. The van der Waals surface area contributed by atoms with Gasteiger partial charge < -0.3 is 16.4 Å². The second kappa shape index (κ2) is 15.3. The number of benzene rings is 4. The van der Waals surface area contributed by atoms with Crippen molar-refractivity contribution in [3.8, 4) is 0 Å². The molecule has 0 aliphatic carbocycles. The monoisotopic (exact) mass is 613 g/mol. The summed E-state index contributed by atoms with van der Waals surface area (Å²) in [6.07, 6.45) is 2.02. The van der Waals surface area contributed by atoms with Crippen molar-refractivity contribution in [3.63, 3.8) is 0 Å². The second-order valence-corrected chi connectivity index (χ2v) is 12.6. The molecule has 2 unspecified atom stereocenters. The molecule has 0 radical (unpaired) electrons. The molecule has 10 heteroatoms. The lowest BCUT2D eigenvalue weighted by molar-refractivity contribution is -0.130. The Morgan fingerprint density at radius 1 is 0.795 bits per heavy atom. The number of hydrogen-bond donors (Lipinski definition) is 5. The van der Waals surface area contributed by atoms with E-state index in [4.69, 9.17) is 11.1 Å². The number of carbonyl (C=O) groups is 2. The predicted molar refractivity (Wildman–Crippen MR) is 174 cm³/mol. The van der Waals surface area contributed by atoms with E-state index >= 15 is 0 Å². The van der Waals surface area contributed by atoms with E-state index < -0.39 is 28.0 Å². The van der Waals surface area contributed by atoms with E-state index in [0.29, 0.717) is 24.0 Å². The number of rotatable bonds is 15. The third-order valence-electron chi connectivity index (χ3n) is 7.30. The normalized spacial score (nSPS) is 12.8. The van der Waals surface area contributed by atoms with Crippen LogP contribution in [0.1, 0.15) is 48.4 Å². The van der Waals surface area contributed by atoms with Crippen LogP contribution in [0, 0.1) is 5.41 Å². The van der Waals surface area contributed by atoms with Gasteiger partial charge in [0.2, 0.25) is 21.8 Å². The summed E-state index contributed by atoms with van der Waals surface area (Å²) in [6.45, 7) is 2.22. The van der Waals surface area contributed by atoms with Crippen LogP contribution >= 0.6 is 0 Å². The minimum absolute atomic E-state index is 0.0411. The quantitative estimate of drug-likeness (QED) is 0.101. The molecule has 230 valence electrons. The van der Waals surface area contributed by atoms with E-state index in [0.717, 1.165) is 28.3 Å². The number of unbranched alkanes of at least 4 members (excludes halogenated alkanes) is 1. The molecule has 0 aliphatic heterocycles. The van der Waals surface area contributed by atoms with E-state index in [1.165, 1.54) is 0 Å². The van der Waals surface area contributed by atoms with Crippen LogP contribution in [0.2, 0.25) is 0 Å². The van der Waals surface area contributed by atoms with Gasteiger partial charge in [-0.3, -0.25) is 15.0 Å².